The quantitative estimate of drug-likeness (QED) is 0.578. The van der Waals surface area contributed by atoms with E-state index in [1.807, 2.05) is 0 Å². The Hall–Kier alpha value is -2.76. The van der Waals surface area contributed by atoms with Crippen LogP contribution in [0.4, 0.5) is 10.5 Å². The molecule has 0 unspecified atom stereocenters. The normalized spacial score (nSPS) is 10.5. The number of nitrogens with one attached hydrogen (secondary N) is 2. The third-order valence-corrected chi connectivity index (χ3v) is 4.16. The summed E-state index contributed by atoms with van der Waals surface area (Å²) in [5, 5.41) is 3.25. The third-order valence-electron chi connectivity index (χ3n) is 3.61. The van der Waals surface area contributed by atoms with Gasteiger partial charge in [-0.1, -0.05) is 35.3 Å². The molecule has 1 aromatic heterocycles. The van der Waals surface area contributed by atoms with E-state index in [1.165, 1.54) is 6.07 Å². The number of amides is 2. The van der Waals surface area contributed by atoms with Crippen molar-refractivity contribution in [3.63, 3.8) is 0 Å². The number of ketones is 1. The van der Waals surface area contributed by atoms with Gasteiger partial charge in [-0.15, -0.1) is 0 Å². The van der Waals surface area contributed by atoms with Crippen LogP contribution in [0.2, 0.25) is 10.0 Å². The fraction of sp³-hybridized carbons (Fsp3) is 0. The third kappa shape index (κ3) is 3.68. The molecular weight excluding hydrogens is 361 g/mol. The van der Waals surface area contributed by atoms with E-state index < -0.39 is 6.03 Å². The van der Waals surface area contributed by atoms with Gasteiger partial charge in [-0.05, 0) is 42.0 Å². The van der Waals surface area contributed by atoms with Crippen LogP contribution in [-0.4, -0.2) is 16.8 Å². The number of carbonyl (C=O) groups excluding carboxylic acids is 2. The molecule has 3 rings (SSSR count). The highest BCUT2D eigenvalue weighted by atomic mass is 35.5. The first-order chi connectivity index (χ1) is 12.0. The standard InChI is InChI=1S/C18H13Cl2N3O2/c19-11-3-6-13(15(20)9-11)17(24)14-7-8-22-16(14)10-1-4-12(5-2-10)23-18(21)25/h1-9,22H,(H3,21,23,25). The van der Waals surface area contributed by atoms with Gasteiger partial charge in [0.2, 0.25) is 0 Å². The molecule has 0 saturated heterocycles. The number of urea groups is 1. The van der Waals surface area contributed by atoms with Gasteiger partial charge in [0.15, 0.2) is 5.78 Å². The fourth-order valence-electron chi connectivity index (χ4n) is 2.48. The van der Waals surface area contributed by atoms with Crippen LogP contribution in [0.15, 0.2) is 54.7 Å². The number of aromatic amines is 1. The molecule has 5 nitrogen and oxygen atoms in total. The second-order valence-electron chi connectivity index (χ2n) is 5.29. The van der Waals surface area contributed by atoms with E-state index in [1.54, 1.807) is 48.7 Å². The average molecular weight is 374 g/mol. The number of aromatic nitrogens is 1. The molecule has 0 fully saturated rings. The van der Waals surface area contributed by atoms with Crippen LogP contribution >= 0.6 is 23.2 Å². The fourth-order valence-corrected chi connectivity index (χ4v) is 2.97. The van der Waals surface area contributed by atoms with Crippen LogP contribution in [0.5, 0.6) is 0 Å². The molecule has 2 aromatic carbocycles. The van der Waals surface area contributed by atoms with E-state index in [9.17, 15) is 9.59 Å². The highest BCUT2D eigenvalue weighted by Crippen LogP contribution is 2.29. The van der Waals surface area contributed by atoms with Gasteiger partial charge >= 0.3 is 6.03 Å². The number of anilines is 1. The highest BCUT2D eigenvalue weighted by Gasteiger charge is 2.18. The molecular formula is C18H13Cl2N3O2. The van der Waals surface area contributed by atoms with Gasteiger partial charge in [-0.3, -0.25) is 4.79 Å². The second-order valence-corrected chi connectivity index (χ2v) is 6.13. The van der Waals surface area contributed by atoms with Crippen LogP contribution in [0.1, 0.15) is 15.9 Å². The molecule has 1 heterocycles. The lowest BCUT2D eigenvalue weighted by Crippen LogP contribution is -2.19. The molecule has 25 heavy (non-hydrogen) atoms. The Morgan fingerprint density at radius 3 is 2.32 bits per heavy atom. The lowest BCUT2D eigenvalue weighted by atomic mass is 10.00. The van der Waals surface area contributed by atoms with E-state index in [-0.39, 0.29) is 5.78 Å². The Morgan fingerprint density at radius 2 is 1.68 bits per heavy atom. The summed E-state index contributed by atoms with van der Waals surface area (Å²) in [6.45, 7) is 0. The van der Waals surface area contributed by atoms with Crippen molar-refractivity contribution in [2.45, 2.75) is 0 Å². The molecule has 0 saturated carbocycles. The number of nitrogens with two attached hydrogens (primary N) is 1. The molecule has 0 radical (unpaired) electrons. The maximum atomic E-state index is 12.8. The summed E-state index contributed by atoms with van der Waals surface area (Å²) in [4.78, 5) is 26.8. The maximum absolute atomic E-state index is 12.8. The molecule has 0 atom stereocenters. The average Bonchev–Trinajstić information content (AvgIpc) is 3.04. The smallest absolute Gasteiger partial charge is 0.316 e. The summed E-state index contributed by atoms with van der Waals surface area (Å²) in [7, 11) is 0. The Kier molecular flexibility index (Phi) is 4.79. The molecule has 126 valence electrons. The molecule has 7 heteroatoms. The first kappa shape index (κ1) is 17.1. The van der Waals surface area contributed by atoms with Crippen molar-refractivity contribution in [2.75, 3.05) is 5.32 Å². The summed E-state index contributed by atoms with van der Waals surface area (Å²) < 4.78 is 0. The second kappa shape index (κ2) is 7.01. The summed E-state index contributed by atoms with van der Waals surface area (Å²) in [5.41, 5.74) is 7.95. The number of carbonyl (C=O) groups is 2. The van der Waals surface area contributed by atoms with Gasteiger partial charge in [-0.25, -0.2) is 4.79 Å². The van der Waals surface area contributed by atoms with Crippen LogP contribution < -0.4 is 11.1 Å². The zero-order valence-electron chi connectivity index (χ0n) is 12.8. The highest BCUT2D eigenvalue weighted by molar-refractivity contribution is 6.37. The van der Waals surface area contributed by atoms with Gasteiger partial charge in [-0.2, -0.15) is 0 Å². The molecule has 3 aromatic rings. The molecule has 0 bridgehead atoms. The van der Waals surface area contributed by atoms with Crippen molar-refractivity contribution in [3.8, 4) is 11.3 Å². The van der Waals surface area contributed by atoms with Gasteiger partial charge in [0, 0.05) is 28.0 Å². The minimum absolute atomic E-state index is 0.211. The van der Waals surface area contributed by atoms with Crippen molar-refractivity contribution >= 4 is 40.7 Å². The Morgan fingerprint density at radius 1 is 0.960 bits per heavy atom. The monoisotopic (exact) mass is 373 g/mol. The van der Waals surface area contributed by atoms with Gasteiger partial charge in [0.25, 0.3) is 0 Å². The van der Waals surface area contributed by atoms with E-state index in [4.69, 9.17) is 28.9 Å². The van der Waals surface area contributed by atoms with Crippen LogP contribution in [0.3, 0.4) is 0 Å². The topological polar surface area (TPSA) is 88.0 Å². The van der Waals surface area contributed by atoms with Gasteiger partial charge in [0.1, 0.15) is 0 Å². The van der Waals surface area contributed by atoms with Crippen LogP contribution in [-0.2, 0) is 0 Å². The number of rotatable bonds is 4. The van der Waals surface area contributed by atoms with E-state index >= 15 is 0 Å². The molecule has 2 amide bonds. The first-order valence-electron chi connectivity index (χ1n) is 7.29. The number of H-pyrrole nitrogens is 1. The lowest BCUT2D eigenvalue weighted by Gasteiger charge is -2.07. The largest absolute Gasteiger partial charge is 0.361 e. The van der Waals surface area contributed by atoms with Gasteiger partial charge in [0.05, 0.1) is 10.7 Å². The van der Waals surface area contributed by atoms with Crippen molar-refractivity contribution in [2.24, 2.45) is 5.73 Å². The molecule has 0 aliphatic rings. The number of hydrogen-bond acceptors (Lipinski definition) is 2. The minimum atomic E-state index is -0.638. The predicted octanol–water partition coefficient (Wildman–Crippen LogP) is 4.71. The number of halogens is 2. The van der Waals surface area contributed by atoms with E-state index in [0.29, 0.717) is 32.6 Å². The summed E-state index contributed by atoms with van der Waals surface area (Å²) >= 11 is 12.0. The Balaban J connectivity index is 1.95. The van der Waals surface area contributed by atoms with E-state index in [0.717, 1.165) is 5.56 Å². The Labute approximate surface area is 153 Å². The molecule has 4 N–H and O–H groups in total. The van der Waals surface area contributed by atoms with Gasteiger partial charge < -0.3 is 16.0 Å². The van der Waals surface area contributed by atoms with Crippen molar-refractivity contribution < 1.29 is 9.59 Å². The van der Waals surface area contributed by atoms with E-state index in [2.05, 4.69) is 10.3 Å². The predicted molar refractivity (Wildman–Crippen MR) is 99.3 cm³/mol. The lowest BCUT2D eigenvalue weighted by molar-refractivity contribution is 0.103. The zero-order valence-corrected chi connectivity index (χ0v) is 14.4. The summed E-state index contributed by atoms with van der Waals surface area (Å²) in [6.07, 6.45) is 1.68. The number of benzene rings is 2. The minimum Gasteiger partial charge on any atom is -0.361 e. The maximum Gasteiger partial charge on any atom is 0.316 e. The van der Waals surface area contributed by atoms with Crippen molar-refractivity contribution in [1.29, 1.82) is 0 Å². The summed E-state index contributed by atoms with van der Waals surface area (Å²) in [5.74, 6) is -0.211. The zero-order chi connectivity index (χ0) is 18.0. The number of primary amides is 1. The molecule has 0 aliphatic carbocycles. The Bertz CT molecular complexity index is 949. The van der Waals surface area contributed by atoms with Crippen LogP contribution in [0.25, 0.3) is 11.3 Å². The van der Waals surface area contributed by atoms with Crippen molar-refractivity contribution in [3.05, 3.63) is 75.9 Å². The van der Waals surface area contributed by atoms with Crippen LogP contribution in [0, 0.1) is 0 Å². The summed E-state index contributed by atoms with van der Waals surface area (Å²) in [6, 6.07) is 12.8. The van der Waals surface area contributed by atoms with Crippen molar-refractivity contribution in [1.82, 2.24) is 4.98 Å². The molecule has 0 spiro atoms. The first-order valence-corrected chi connectivity index (χ1v) is 8.05. The number of hydrogen-bond donors (Lipinski definition) is 3. The molecule has 0 aliphatic heterocycles. The SMILES string of the molecule is NC(=O)Nc1ccc(-c2[nH]ccc2C(=O)c2ccc(Cl)cc2Cl)cc1.